The summed E-state index contributed by atoms with van der Waals surface area (Å²) >= 11 is 0. The average molecular weight is 192 g/mol. The summed E-state index contributed by atoms with van der Waals surface area (Å²) in [4.78, 5) is 4.06. The Morgan fingerprint density at radius 1 is 1.50 bits per heavy atom. The maximum absolute atomic E-state index is 9.08. The first-order chi connectivity index (χ1) is 6.85. The normalized spacial score (nSPS) is 18.1. The first kappa shape index (κ1) is 9.62. The minimum absolute atomic E-state index is 0.0577. The number of aliphatic hydroxyl groups excluding tert-OH is 1. The minimum atomic E-state index is 0.0577. The summed E-state index contributed by atoms with van der Waals surface area (Å²) in [5.74, 6) is 0. The lowest BCUT2D eigenvalue weighted by molar-refractivity contribution is 0.231. The highest BCUT2D eigenvalue weighted by Gasteiger charge is 2.41. The molecule has 0 bridgehead atoms. The molecule has 76 valence electrons. The molecule has 1 aliphatic carbocycles. The number of aromatic nitrogens is 1. The fourth-order valence-corrected chi connectivity index (χ4v) is 1.56. The van der Waals surface area contributed by atoms with Crippen LogP contribution < -0.4 is 5.32 Å². The molecule has 1 saturated carbocycles. The van der Waals surface area contributed by atoms with E-state index in [1.807, 2.05) is 12.3 Å². The average Bonchev–Trinajstić information content (AvgIpc) is 3.00. The molecule has 2 rings (SSSR count). The number of hydrogen-bond donors (Lipinski definition) is 2. The number of nitrogens with one attached hydrogen (secondary N) is 1. The maximum Gasteiger partial charge on any atom is 0.0613 e. The van der Waals surface area contributed by atoms with E-state index in [1.54, 1.807) is 6.20 Å². The summed E-state index contributed by atoms with van der Waals surface area (Å²) < 4.78 is 0. The number of pyridine rings is 1. The van der Waals surface area contributed by atoms with Crippen LogP contribution in [0.3, 0.4) is 0 Å². The standard InChI is InChI=1S/C11H16N2O/c14-9-11(4-5-11)13-7-3-10-2-1-6-12-8-10/h1-2,6,8,13-14H,3-5,7,9H2. The van der Waals surface area contributed by atoms with Crippen LogP contribution in [0.25, 0.3) is 0 Å². The number of hydrogen-bond acceptors (Lipinski definition) is 3. The van der Waals surface area contributed by atoms with E-state index in [0.29, 0.717) is 0 Å². The zero-order chi connectivity index (χ0) is 9.86. The van der Waals surface area contributed by atoms with Crippen LogP contribution in [0.2, 0.25) is 0 Å². The second-order valence-corrected chi connectivity index (χ2v) is 3.98. The lowest BCUT2D eigenvalue weighted by Crippen LogP contribution is -2.36. The molecular formula is C11H16N2O. The number of rotatable bonds is 5. The van der Waals surface area contributed by atoms with Crippen molar-refractivity contribution in [1.82, 2.24) is 10.3 Å². The molecule has 0 aliphatic heterocycles. The van der Waals surface area contributed by atoms with Gasteiger partial charge < -0.3 is 10.4 Å². The quantitative estimate of drug-likeness (QED) is 0.723. The third kappa shape index (κ3) is 2.30. The molecule has 2 N–H and O–H groups in total. The molecule has 0 aromatic carbocycles. The van der Waals surface area contributed by atoms with Crippen LogP contribution in [0, 0.1) is 0 Å². The predicted molar refractivity (Wildman–Crippen MR) is 55.0 cm³/mol. The van der Waals surface area contributed by atoms with Gasteiger partial charge in [0.25, 0.3) is 0 Å². The summed E-state index contributed by atoms with van der Waals surface area (Å²) in [6.45, 7) is 1.19. The van der Waals surface area contributed by atoms with E-state index in [0.717, 1.165) is 25.8 Å². The molecular weight excluding hydrogens is 176 g/mol. The Morgan fingerprint density at radius 3 is 2.93 bits per heavy atom. The van der Waals surface area contributed by atoms with Crippen LogP contribution >= 0.6 is 0 Å². The van der Waals surface area contributed by atoms with Crippen molar-refractivity contribution >= 4 is 0 Å². The molecule has 1 aromatic rings. The van der Waals surface area contributed by atoms with Crippen LogP contribution in [-0.4, -0.2) is 28.8 Å². The molecule has 0 spiro atoms. The van der Waals surface area contributed by atoms with Crippen LogP contribution in [-0.2, 0) is 6.42 Å². The Kier molecular flexibility index (Phi) is 2.79. The zero-order valence-electron chi connectivity index (χ0n) is 8.24. The van der Waals surface area contributed by atoms with Gasteiger partial charge >= 0.3 is 0 Å². The molecule has 1 aliphatic rings. The highest BCUT2D eigenvalue weighted by atomic mass is 16.3. The zero-order valence-corrected chi connectivity index (χ0v) is 8.24. The number of aliphatic hydroxyl groups is 1. The minimum Gasteiger partial charge on any atom is -0.394 e. The summed E-state index contributed by atoms with van der Waals surface area (Å²) in [6, 6.07) is 4.03. The van der Waals surface area contributed by atoms with E-state index in [-0.39, 0.29) is 12.1 Å². The van der Waals surface area contributed by atoms with Crippen LogP contribution in [0.1, 0.15) is 18.4 Å². The topological polar surface area (TPSA) is 45.1 Å². The fourth-order valence-electron chi connectivity index (χ4n) is 1.56. The van der Waals surface area contributed by atoms with E-state index in [2.05, 4.69) is 16.4 Å². The van der Waals surface area contributed by atoms with Crippen molar-refractivity contribution in [1.29, 1.82) is 0 Å². The Morgan fingerprint density at radius 2 is 2.36 bits per heavy atom. The summed E-state index contributed by atoms with van der Waals surface area (Å²) in [5, 5.41) is 12.5. The first-order valence-corrected chi connectivity index (χ1v) is 5.09. The molecule has 14 heavy (non-hydrogen) atoms. The lowest BCUT2D eigenvalue weighted by atomic mass is 10.2. The monoisotopic (exact) mass is 192 g/mol. The molecule has 3 nitrogen and oxygen atoms in total. The van der Waals surface area contributed by atoms with Crippen molar-refractivity contribution < 1.29 is 5.11 Å². The highest BCUT2D eigenvalue weighted by molar-refractivity contribution is 5.09. The first-order valence-electron chi connectivity index (χ1n) is 5.09. The molecule has 0 radical (unpaired) electrons. The smallest absolute Gasteiger partial charge is 0.0613 e. The highest BCUT2D eigenvalue weighted by Crippen LogP contribution is 2.34. The van der Waals surface area contributed by atoms with Crippen LogP contribution in [0.15, 0.2) is 24.5 Å². The molecule has 1 fully saturated rings. The molecule has 0 saturated heterocycles. The Bertz CT molecular complexity index is 283. The second kappa shape index (κ2) is 4.07. The van der Waals surface area contributed by atoms with E-state index in [9.17, 15) is 0 Å². The Labute approximate surface area is 84.2 Å². The van der Waals surface area contributed by atoms with Gasteiger partial charge in [-0.15, -0.1) is 0 Å². The Hall–Kier alpha value is -0.930. The predicted octanol–water partition coefficient (Wildman–Crippen LogP) is 0.739. The van der Waals surface area contributed by atoms with Crippen molar-refractivity contribution in [2.75, 3.05) is 13.2 Å². The van der Waals surface area contributed by atoms with Crippen molar-refractivity contribution in [2.45, 2.75) is 24.8 Å². The SMILES string of the molecule is OCC1(NCCc2cccnc2)CC1. The second-order valence-electron chi connectivity index (χ2n) is 3.98. The van der Waals surface area contributed by atoms with E-state index in [4.69, 9.17) is 5.11 Å². The third-order valence-electron chi connectivity index (χ3n) is 2.79. The van der Waals surface area contributed by atoms with Crippen molar-refractivity contribution in [2.24, 2.45) is 0 Å². The molecule has 1 heterocycles. The van der Waals surface area contributed by atoms with Gasteiger partial charge in [-0.05, 0) is 37.4 Å². The van der Waals surface area contributed by atoms with Crippen LogP contribution in [0.5, 0.6) is 0 Å². The summed E-state index contributed by atoms with van der Waals surface area (Å²) in [7, 11) is 0. The third-order valence-corrected chi connectivity index (χ3v) is 2.79. The van der Waals surface area contributed by atoms with E-state index >= 15 is 0 Å². The van der Waals surface area contributed by atoms with Gasteiger partial charge in [-0.25, -0.2) is 0 Å². The molecule has 0 amide bonds. The van der Waals surface area contributed by atoms with Crippen molar-refractivity contribution in [3.05, 3.63) is 30.1 Å². The molecule has 3 heteroatoms. The lowest BCUT2D eigenvalue weighted by Gasteiger charge is -2.13. The molecule has 0 atom stereocenters. The number of nitrogens with zero attached hydrogens (tertiary/aromatic N) is 1. The van der Waals surface area contributed by atoms with Crippen molar-refractivity contribution in [3.8, 4) is 0 Å². The van der Waals surface area contributed by atoms with Gasteiger partial charge in [0.1, 0.15) is 0 Å². The fraction of sp³-hybridized carbons (Fsp3) is 0.545. The van der Waals surface area contributed by atoms with E-state index in [1.165, 1.54) is 5.56 Å². The van der Waals surface area contributed by atoms with Gasteiger partial charge in [0.15, 0.2) is 0 Å². The Balaban J connectivity index is 1.73. The largest absolute Gasteiger partial charge is 0.394 e. The molecule has 0 unspecified atom stereocenters. The van der Waals surface area contributed by atoms with Gasteiger partial charge in [0.05, 0.1) is 6.61 Å². The van der Waals surface area contributed by atoms with E-state index < -0.39 is 0 Å². The maximum atomic E-state index is 9.08. The summed E-state index contributed by atoms with van der Waals surface area (Å²) in [5.41, 5.74) is 1.30. The van der Waals surface area contributed by atoms with Crippen molar-refractivity contribution in [3.63, 3.8) is 0 Å². The van der Waals surface area contributed by atoms with Gasteiger partial charge in [-0.2, -0.15) is 0 Å². The molecule has 1 aromatic heterocycles. The van der Waals surface area contributed by atoms with Gasteiger partial charge in [0, 0.05) is 17.9 Å². The van der Waals surface area contributed by atoms with Crippen LogP contribution in [0.4, 0.5) is 0 Å². The summed E-state index contributed by atoms with van der Waals surface area (Å²) in [6.07, 6.45) is 6.87. The van der Waals surface area contributed by atoms with Gasteiger partial charge in [-0.3, -0.25) is 4.98 Å². The van der Waals surface area contributed by atoms with Gasteiger partial charge in [0.2, 0.25) is 0 Å². The van der Waals surface area contributed by atoms with Gasteiger partial charge in [-0.1, -0.05) is 6.07 Å².